The molecule has 0 fully saturated rings. The van der Waals surface area contributed by atoms with Crippen LogP contribution in [-0.2, 0) is 6.42 Å². The Balaban J connectivity index is 2.10. The van der Waals surface area contributed by atoms with Crippen LogP contribution in [0, 0.1) is 6.92 Å². The van der Waals surface area contributed by atoms with E-state index >= 15 is 0 Å². The molecule has 0 saturated carbocycles. The van der Waals surface area contributed by atoms with Gasteiger partial charge in [0.15, 0.2) is 0 Å². The lowest BCUT2D eigenvalue weighted by Gasteiger charge is -2.09. The number of thiophene rings is 1. The molecule has 74 valence electrons. The number of aryl methyl sites for hydroxylation is 1. The zero-order chi connectivity index (χ0) is 9.97. The van der Waals surface area contributed by atoms with Crippen molar-refractivity contribution in [2.24, 2.45) is 5.73 Å². The Morgan fingerprint density at radius 3 is 2.93 bits per heavy atom. The van der Waals surface area contributed by atoms with Gasteiger partial charge in [-0.2, -0.15) is 11.3 Å². The highest BCUT2D eigenvalue weighted by Crippen LogP contribution is 2.22. The van der Waals surface area contributed by atoms with Crippen LogP contribution in [0.3, 0.4) is 0 Å². The molecule has 3 heteroatoms. The van der Waals surface area contributed by atoms with E-state index in [1.165, 1.54) is 11.1 Å². The fourth-order valence-corrected chi connectivity index (χ4v) is 2.42. The van der Waals surface area contributed by atoms with E-state index in [2.05, 4.69) is 17.7 Å². The summed E-state index contributed by atoms with van der Waals surface area (Å²) in [7, 11) is 0. The van der Waals surface area contributed by atoms with E-state index < -0.39 is 0 Å². The quantitative estimate of drug-likeness (QED) is 0.840. The Labute approximate surface area is 87.4 Å². The van der Waals surface area contributed by atoms with Gasteiger partial charge in [-0.05, 0) is 40.9 Å². The topological polar surface area (TPSA) is 39.2 Å². The maximum Gasteiger partial charge on any atom is 0.105 e. The van der Waals surface area contributed by atoms with Gasteiger partial charge in [0.1, 0.15) is 5.76 Å². The first-order valence-electron chi connectivity index (χ1n) is 4.58. The second-order valence-electron chi connectivity index (χ2n) is 3.40. The molecular weight excluding hydrogens is 194 g/mol. The van der Waals surface area contributed by atoms with Gasteiger partial charge in [-0.3, -0.25) is 0 Å². The van der Waals surface area contributed by atoms with Crippen LogP contribution in [0.15, 0.2) is 33.6 Å². The number of hydrogen-bond donors (Lipinski definition) is 1. The van der Waals surface area contributed by atoms with E-state index in [0.717, 1.165) is 12.2 Å². The minimum absolute atomic E-state index is 0.0485. The number of rotatable bonds is 3. The van der Waals surface area contributed by atoms with Gasteiger partial charge in [0.25, 0.3) is 0 Å². The number of furan rings is 1. The highest BCUT2D eigenvalue weighted by molar-refractivity contribution is 7.08. The van der Waals surface area contributed by atoms with Crippen molar-refractivity contribution < 1.29 is 4.42 Å². The summed E-state index contributed by atoms with van der Waals surface area (Å²) in [4.78, 5) is 0. The first kappa shape index (κ1) is 9.49. The standard InChI is InChI=1S/C11H13NOS/c1-8-6-14-7-10(8)11(12)5-9-3-2-4-13-9/h2-4,6-7,11H,5,12H2,1H3. The van der Waals surface area contributed by atoms with Crippen LogP contribution in [0.25, 0.3) is 0 Å². The SMILES string of the molecule is Cc1cscc1C(N)Cc1ccco1. The van der Waals surface area contributed by atoms with Crippen molar-refractivity contribution in [3.8, 4) is 0 Å². The second-order valence-corrected chi connectivity index (χ2v) is 4.14. The molecule has 2 N–H and O–H groups in total. The van der Waals surface area contributed by atoms with Crippen LogP contribution in [0.4, 0.5) is 0 Å². The zero-order valence-corrected chi connectivity index (χ0v) is 8.88. The maximum absolute atomic E-state index is 6.08. The monoisotopic (exact) mass is 207 g/mol. The van der Waals surface area contributed by atoms with Crippen molar-refractivity contribution in [1.82, 2.24) is 0 Å². The third-order valence-electron chi connectivity index (χ3n) is 2.30. The maximum atomic E-state index is 6.08. The van der Waals surface area contributed by atoms with Crippen LogP contribution in [0.5, 0.6) is 0 Å². The molecule has 0 saturated heterocycles. The predicted molar refractivity (Wildman–Crippen MR) is 58.4 cm³/mol. The normalized spacial score (nSPS) is 13.0. The predicted octanol–water partition coefficient (Wildman–Crippen LogP) is 2.89. The Bertz CT molecular complexity index is 391. The summed E-state index contributed by atoms with van der Waals surface area (Å²) in [6, 6.07) is 3.90. The van der Waals surface area contributed by atoms with Crippen LogP contribution in [0.1, 0.15) is 22.9 Å². The Kier molecular flexibility index (Phi) is 2.70. The molecule has 0 aromatic carbocycles. The van der Waals surface area contributed by atoms with Gasteiger partial charge in [0.05, 0.1) is 6.26 Å². The third-order valence-corrected chi connectivity index (χ3v) is 3.18. The molecule has 0 spiro atoms. The third kappa shape index (κ3) is 1.89. The lowest BCUT2D eigenvalue weighted by Crippen LogP contribution is -2.13. The molecule has 2 aromatic rings. The molecule has 2 rings (SSSR count). The summed E-state index contributed by atoms with van der Waals surface area (Å²) in [6.07, 6.45) is 2.45. The summed E-state index contributed by atoms with van der Waals surface area (Å²) in [5.74, 6) is 0.947. The van der Waals surface area contributed by atoms with E-state index in [4.69, 9.17) is 10.2 Å². The van der Waals surface area contributed by atoms with Crippen molar-refractivity contribution in [3.63, 3.8) is 0 Å². The smallest absolute Gasteiger partial charge is 0.105 e. The molecule has 0 aliphatic carbocycles. The van der Waals surface area contributed by atoms with E-state index in [9.17, 15) is 0 Å². The van der Waals surface area contributed by atoms with E-state index in [0.29, 0.717) is 0 Å². The molecule has 0 aliphatic rings. The molecule has 0 radical (unpaired) electrons. The van der Waals surface area contributed by atoms with Crippen LogP contribution in [0.2, 0.25) is 0 Å². The largest absolute Gasteiger partial charge is 0.469 e. The first-order chi connectivity index (χ1) is 6.77. The van der Waals surface area contributed by atoms with Crippen molar-refractivity contribution in [3.05, 3.63) is 46.0 Å². The van der Waals surface area contributed by atoms with Crippen LogP contribution < -0.4 is 5.73 Å². The highest BCUT2D eigenvalue weighted by atomic mass is 32.1. The number of nitrogens with two attached hydrogens (primary N) is 1. The molecule has 14 heavy (non-hydrogen) atoms. The van der Waals surface area contributed by atoms with Crippen molar-refractivity contribution >= 4 is 11.3 Å². The van der Waals surface area contributed by atoms with Gasteiger partial charge >= 0.3 is 0 Å². The van der Waals surface area contributed by atoms with Gasteiger partial charge in [-0.1, -0.05) is 0 Å². The minimum atomic E-state index is 0.0485. The van der Waals surface area contributed by atoms with Crippen molar-refractivity contribution in [2.75, 3.05) is 0 Å². The molecule has 0 bridgehead atoms. The second kappa shape index (κ2) is 3.98. The first-order valence-corrected chi connectivity index (χ1v) is 5.52. The fourth-order valence-electron chi connectivity index (χ4n) is 1.51. The average Bonchev–Trinajstić information content (AvgIpc) is 2.75. The van der Waals surface area contributed by atoms with Crippen LogP contribution in [-0.4, -0.2) is 0 Å². The Morgan fingerprint density at radius 2 is 2.36 bits per heavy atom. The molecule has 2 heterocycles. The summed E-state index contributed by atoms with van der Waals surface area (Å²) in [5, 5.41) is 4.24. The lowest BCUT2D eigenvalue weighted by atomic mass is 10.0. The van der Waals surface area contributed by atoms with E-state index in [-0.39, 0.29) is 6.04 Å². The van der Waals surface area contributed by atoms with Gasteiger partial charge in [-0.15, -0.1) is 0 Å². The van der Waals surface area contributed by atoms with Gasteiger partial charge in [0.2, 0.25) is 0 Å². The summed E-state index contributed by atoms with van der Waals surface area (Å²) < 4.78 is 5.27. The van der Waals surface area contributed by atoms with Gasteiger partial charge < -0.3 is 10.2 Å². The van der Waals surface area contributed by atoms with Gasteiger partial charge in [0, 0.05) is 12.5 Å². The Hall–Kier alpha value is -1.06. The summed E-state index contributed by atoms with van der Waals surface area (Å²) >= 11 is 1.70. The highest BCUT2D eigenvalue weighted by Gasteiger charge is 2.11. The molecule has 2 aromatic heterocycles. The fraction of sp³-hybridized carbons (Fsp3) is 0.273. The lowest BCUT2D eigenvalue weighted by molar-refractivity contribution is 0.488. The summed E-state index contributed by atoms with van der Waals surface area (Å²) in [6.45, 7) is 2.09. The van der Waals surface area contributed by atoms with Crippen LogP contribution >= 0.6 is 11.3 Å². The van der Waals surface area contributed by atoms with Gasteiger partial charge in [-0.25, -0.2) is 0 Å². The molecule has 2 nitrogen and oxygen atoms in total. The minimum Gasteiger partial charge on any atom is -0.469 e. The van der Waals surface area contributed by atoms with Crippen molar-refractivity contribution in [2.45, 2.75) is 19.4 Å². The Morgan fingerprint density at radius 1 is 1.50 bits per heavy atom. The summed E-state index contributed by atoms with van der Waals surface area (Å²) in [5.41, 5.74) is 8.58. The molecule has 1 unspecified atom stereocenters. The molecule has 0 amide bonds. The molecule has 0 aliphatic heterocycles. The van der Waals surface area contributed by atoms with E-state index in [1.54, 1.807) is 17.6 Å². The zero-order valence-electron chi connectivity index (χ0n) is 8.07. The average molecular weight is 207 g/mol. The van der Waals surface area contributed by atoms with E-state index in [1.807, 2.05) is 12.1 Å². The number of hydrogen-bond acceptors (Lipinski definition) is 3. The van der Waals surface area contributed by atoms with Crippen molar-refractivity contribution in [1.29, 1.82) is 0 Å². The molecular formula is C11H13NOS. The molecule has 1 atom stereocenters.